The summed E-state index contributed by atoms with van der Waals surface area (Å²) in [5, 5.41) is 11.0. The lowest BCUT2D eigenvalue weighted by molar-refractivity contribution is -0.137. The van der Waals surface area contributed by atoms with Crippen LogP contribution in [0.25, 0.3) is 6.08 Å². The number of carboxylic acid groups (broad SMARTS) is 1. The van der Waals surface area contributed by atoms with Gasteiger partial charge in [-0.3, -0.25) is 9.59 Å². The highest BCUT2D eigenvalue weighted by Crippen LogP contribution is 2.07. The van der Waals surface area contributed by atoms with Gasteiger partial charge in [0.05, 0.1) is 0 Å². The number of furan rings is 1. The number of hydrogen-bond donors (Lipinski definition) is 2. The molecule has 17 heavy (non-hydrogen) atoms. The van der Waals surface area contributed by atoms with E-state index in [1.807, 2.05) is 13.0 Å². The molecule has 0 aliphatic rings. The van der Waals surface area contributed by atoms with Gasteiger partial charge in [0.1, 0.15) is 11.5 Å². The third-order valence-electron chi connectivity index (χ3n) is 2.03. The van der Waals surface area contributed by atoms with E-state index in [1.54, 1.807) is 12.1 Å². The number of amides is 1. The summed E-state index contributed by atoms with van der Waals surface area (Å²) in [5.41, 5.74) is 0. The van der Waals surface area contributed by atoms with Crippen molar-refractivity contribution < 1.29 is 19.1 Å². The van der Waals surface area contributed by atoms with Crippen LogP contribution in [0.2, 0.25) is 0 Å². The monoisotopic (exact) mass is 237 g/mol. The van der Waals surface area contributed by atoms with Gasteiger partial charge >= 0.3 is 5.97 Å². The van der Waals surface area contributed by atoms with Gasteiger partial charge in [-0.05, 0) is 31.6 Å². The number of aryl methyl sites for hydroxylation is 1. The smallest absolute Gasteiger partial charge is 0.303 e. The number of carbonyl (C=O) groups is 2. The number of hydrogen-bond acceptors (Lipinski definition) is 3. The molecule has 0 fully saturated rings. The second kappa shape index (κ2) is 6.52. The molecule has 1 aromatic heterocycles. The van der Waals surface area contributed by atoms with Crippen LogP contribution in [0.1, 0.15) is 24.4 Å². The summed E-state index contributed by atoms with van der Waals surface area (Å²) >= 11 is 0. The fourth-order valence-corrected chi connectivity index (χ4v) is 1.21. The number of aliphatic carboxylic acids is 1. The first-order valence-electron chi connectivity index (χ1n) is 5.32. The van der Waals surface area contributed by atoms with Crippen LogP contribution in [-0.2, 0) is 9.59 Å². The molecule has 0 spiro atoms. The molecule has 0 unspecified atom stereocenters. The molecule has 0 aliphatic carbocycles. The van der Waals surface area contributed by atoms with Crippen LogP contribution < -0.4 is 5.32 Å². The highest BCUT2D eigenvalue weighted by Gasteiger charge is 1.99. The van der Waals surface area contributed by atoms with Crippen molar-refractivity contribution >= 4 is 18.0 Å². The van der Waals surface area contributed by atoms with Gasteiger partial charge in [0.2, 0.25) is 5.91 Å². The number of nitrogens with one attached hydrogen (secondary N) is 1. The summed E-state index contributed by atoms with van der Waals surface area (Å²) in [6.45, 7) is 2.18. The van der Waals surface area contributed by atoms with Crippen molar-refractivity contribution in [3.8, 4) is 0 Å². The van der Waals surface area contributed by atoms with Gasteiger partial charge in [-0.15, -0.1) is 0 Å². The molecule has 1 aromatic rings. The molecule has 5 heteroatoms. The molecule has 5 nitrogen and oxygen atoms in total. The van der Waals surface area contributed by atoms with Gasteiger partial charge in [-0.2, -0.15) is 0 Å². The fraction of sp³-hybridized carbons (Fsp3) is 0.333. The van der Waals surface area contributed by atoms with E-state index in [1.165, 1.54) is 6.08 Å². The predicted octanol–water partition coefficient (Wildman–Crippen LogP) is 1.58. The van der Waals surface area contributed by atoms with Gasteiger partial charge in [0, 0.05) is 19.0 Å². The maximum Gasteiger partial charge on any atom is 0.303 e. The minimum Gasteiger partial charge on any atom is -0.481 e. The van der Waals surface area contributed by atoms with E-state index in [2.05, 4.69) is 5.32 Å². The summed E-state index contributed by atoms with van der Waals surface area (Å²) in [7, 11) is 0. The Hall–Kier alpha value is -2.04. The van der Waals surface area contributed by atoms with E-state index in [-0.39, 0.29) is 12.3 Å². The van der Waals surface area contributed by atoms with Crippen molar-refractivity contribution in [2.45, 2.75) is 19.8 Å². The molecule has 0 aromatic carbocycles. The third kappa shape index (κ3) is 5.55. The zero-order chi connectivity index (χ0) is 12.7. The maximum absolute atomic E-state index is 11.3. The van der Waals surface area contributed by atoms with E-state index in [4.69, 9.17) is 9.52 Å². The molecule has 0 radical (unpaired) electrons. The molecule has 1 amide bonds. The first-order valence-corrected chi connectivity index (χ1v) is 5.32. The average Bonchev–Trinajstić information content (AvgIpc) is 2.67. The van der Waals surface area contributed by atoms with Gasteiger partial charge in [-0.1, -0.05) is 0 Å². The largest absolute Gasteiger partial charge is 0.481 e. The topological polar surface area (TPSA) is 79.5 Å². The first-order chi connectivity index (χ1) is 8.08. The molecule has 0 atom stereocenters. The molecule has 92 valence electrons. The highest BCUT2D eigenvalue weighted by atomic mass is 16.4. The summed E-state index contributed by atoms with van der Waals surface area (Å²) in [6, 6.07) is 3.58. The van der Waals surface area contributed by atoms with Gasteiger partial charge in [0.25, 0.3) is 0 Å². The van der Waals surface area contributed by atoms with E-state index in [9.17, 15) is 9.59 Å². The number of rotatable bonds is 6. The molecular weight excluding hydrogens is 222 g/mol. The van der Waals surface area contributed by atoms with Gasteiger partial charge < -0.3 is 14.8 Å². The van der Waals surface area contributed by atoms with Crippen LogP contribution in [0.15, 0.2) is 22.6 Å². The van der Waals surface area contributed by atoms with Crippen LogP contribution in [-0.4, -0.2) is 23.5 Å². The summed E-state index contributed by atoms with van der Waals surface area (Å²) < 4.78 is 5.25. The Morgan fingerprint density at radius 3 is 2.82 bits per heavy atom. The van der Waals surface area contributed by atoms with E-state index < -0.39 is 5.97 Å². The number of carboxylic acids is 1. The fourth-order valence-electron chi connectivity index (χ4n) is 1.21. The zero-order valence-corrected chi connectivity index (χ0v) is 9.60. The molecular formula is C12H15NO4. The molecule has 0 saturated heterocycles. The van der Waals surface area contributed by atoms with Crippen molar-refractivity contribution in [1.29, 1.82) is 0 Å². The summed E-state index contributed by atoms with van der Waals surface area (Å²) in [4.78, 5) is 21.5. The molecule has 1 rings (SSSR count). The Kier molecular flexibility index (Phi) is 5.00. The first kappa shape index (κ1) is 13.0. The van der Waals surface area contributed by atoms with Crippen LogP contribution in [0.4, 0.5) is 0 Å². The SMILES string of the molecule is Cc1ccc(/C=C/C(=O)NCCCC(=O)O)o1. The zero-order valence-electron chi connectivity index (χ0n) is 9.60. The quantitative estimate of drug-likeness (QED) is 0.581. The Morgan fingerprint density at radius 2 is 2.24 bits per heavy atom. The van der Waals surface area contributed by atoms with Crippen molar-refractivity contribution in [3.63, 3.8) is 0 Å². The van der Waals surface area contributed by atoms with Crippen molar-refractivity contribution in [2.24, 2.45) is 0 Å². The third-order valence-corrected chi connectivity index (χ3v) is 2.03. The second-order valence-electron chi connectivity index (χ2n) is 3.57. The Morgan fingerprint density at radius 1 is 1.47 bits per heavy atom. The maximum atomic E-state index is 11.3. The Labute approximate surface area is 99.1 Å². The summed E-state index contributed by atoms with van der Waals surface area (Å²) in [5.74, 6) is 0.278. The number of carbonyl (C=O) groups excluding carboxylic acids is 1. The standard InChI is InChI=1S/C12H15NO4/c1-9-4-5-10(17-9)6-7-11(14)13-8-2-3-12(15)16/h4-7H,2-3,8H2,1H3,(H,13,14)(H,15,16)/b7-6+. The summed E-state index contributed by atoms with van der Waals surface area (Å²) in [6.07, 6.45) is 3.41. The Bertz CT molecular complexity index is 420. The Balaban J connectivity index is 2.25. The van der Waals surface area contributed by atoms with Crippen molar-refractivity contribution in [3.05, 3.63) is 29.7 Å². The lowest BCUT2D eigenvalue weighted by Crippen LogP contribution is -2.22. The van der Waals surface area contributed by atoms with Gasteiger partial charge in [0.15, 0.2) is 0 Å². The molecule has 0 aliphatic heterocycles. The van der Waals surface area contributed by atoms with Crippen LogP contribution >= 0.6 is 0 Å². The minimum absolute atomic E-state index is 0.0569. The molecule has 0 bridgehead atoms. The van der Waals surface area contributed by atoms with Crippen LogP contribution in [0.5, 0.6) is 0 Å². The van der Waals surface area contributed by atoms with Crippen molar-refractivity contribution in [2.75, 3.05) is 6.54 Å². The average molecular weight is 237 g/mol. The molecule has 2 N–H and O–H groups in total. The van der Waals surface area contributed by atoms with Crippen LogP contribution in [0.3, 0.4) is 0 Å². The molecule has 0 saturated carbocycles. The van der Waals surface area contributed by atoms with Crippen molar-refractivity contribution in [1.82, 2.24) is 5.32 Å². The lowest BCUT2D eigenvalue weighted by atomic mass is 10.3. The van der Waals surface area contributed by atoms with E-state index in [0.717, 1.165) is 5.76 Å². The highest BCUT2D eigenvalue weighted by molar-refractivity contribution is 5.91. The van der Waals surface area contributed by atoms with Crippen LogP contribution in [0, 0.1) is 6.92 Å². The van der Waals surface area contributed by atoms with E-state index >= 15 is 0 Å². The normalized spacial score (nSPS) is 10.6. The second-order valence-corrected chi connectivity index (χ2v) is 3.57. The van der Waals surface area contributed by atoms with E-state index in [0.29, 0.717) is 18.7 Å². The predicted molar refractivity (Wildman–Crippen MR) is 62.4 cm³/mol. The minimum atomic E-state index is -0.860. The molecule has 1 heterocycles. The van der Waals surface area contributed by atoms with Gasteiger partial charge in [-0.25, -0.2) is 0 Å². The lowest BCUT2D eigenvalue weighted by Gasteiger charge is -1.99.